The first kappa shape index (κ1) is 17.1. The number of hydrogen-bond acceptors (Lipinski definition) is 5. The number of rotatable bonds is 6. The van der Waals surface area contributed by atoms with Crippen molar-refractivity contribution in [3.63, 3.8) is 0 Å². The molecule has 0 radical (unpaired) electrons. The van der Waals surface area contributed by atoms with Crippen LogP contribution in [-0.2, 0) is 6.54 Å². The van der Waals surface area contributed by atoms with Gasteiger partial charge < -0.3 is 14.6 Å². The number of nitrogens with zero attached hydrogens (tertiary/aromatic N) is 3. The topological polar surface area (TPSA) is 88.6 Å². The van der Waals surface area contributed by atoms with Crippen LogP contribution in [0, 0.1) is 10.1 Å². The van der Waals surface area contributed by atoms with Crippen LogP contribution in [0.25, 0.3) is 0 Å². The second-order valence-corrected chi connectivity index (χ2v) is 4.50. The number of aromatic nitrogens is 1. The van der Waals surface area contributed by atoms with Crippen LogP contribution >= 0.6 is 0 Å². The number of alkyl halides is 3. The summed E-state index contributed by atoms with van der Waals surface area (Å²) >= 11 is 0. The molecule has 1 aromatic heterocycles. The van der Waals surface area contributed by atoms with Crippen LogP contribution in [-0.4, -0.2) is 51.9 Å². The second kappa shape index (κ2) is 6.68. The minimum atomic E-state index is -4.71. The third-order valence-electron chi connectivity index (χ3n) is 2.76. The molecule has 0 aliphatic rings. The molecule has 1 unspecified atom stereocenters. The van der Waals surface area contributed by atoms with E-state index in [1.54, 1.807) is 0 Å². The molecular formula is C11H14F3N3O4. The van der Waals surface area contributed by atoms with Crippen LogP contribution < -0.4 is 5.56 Å². The van der Waals surface area contributed by atoms with Crippen LogP contribution in [0.15, 0.2) is 23.1 Å². The Kier molecular flexibility index (Phi) is 5.44. The first-order valence-electron chi connectivity index (χ1n) is 5.89. The maximum absolute atomic E-state index is 12.2. The van der Waals surface area contributed by atoms with Gasteiger partial charge in [0.05, 0.1) is 11.1 Å². The van der Waals surface area contributed by atoms with Crippen molar-refractivity contribution < 1.29 is 23.2 Å². The Bertz CT molecular complexity index is 558. The van der Waals surface area contributed by atoms with Gasteiger partial charge in [0.1, 0.15) is 0 Å². The summed E-state index contributed by atoms with van der Waals surface area (Å²) in [5.74, 6) is 0. The van der Waals surface area contributed by atoms with E-state index >= 15 is 0 Å². The molecule has 21 heavy (non-hydrogen) atoms. The van der Waals surface area contributed by atoms with Crippen molar-refractivity contribution in [2.45, 2.75) is 18.8 Å². The van der Waals surface area contributed by atoms with Crippen LogP contribution in [0.4, 0.5) is 18.9 Å². The van der Waals surface area contributed by atoms with Gasteiger partial charge in [-0.15, -0.1) is 0 Å². The zero-order valence-corrected chi connectivity index (χ0v) is 11.1. The van der Waals surface area contributed by atoms with Crippen molar-refractivity contribution in [3.05, 3.63) is 38.8 Å². The summed E-state index contributed by atoms with van der Waals surface area (Å²) in [6, 6.07) is 2.07. The number of halogens is 3. The van der Waals surface area contributed by atoms with E-state index in [1.165, 1.54) is 11.9 Å². The van der Waals surface area contributed by atoms with Crippen molar-refractivity contribution in [3.8, 4) is 0 Å². The molecule has 0 aliphatic carbocycles. The molecule has 0 amide bonds. The Hall–Kier alpha value is -1.94. The fraction of sp³-hybridized carbons (Fsp3) is 0.545. The van der Waals surface area contributed by atoms with Gasteiger partial charge in [-0.25, -0.2) is 0 Å². The van der Waals surface area contributed by atoms with E-state index in [0.29, 0.717) is 0 Å². The Morgan fingerprint density at radius 3 is 2.62 bits per heavy atom. The molecule has 0 aliphatic heterocycles. The zero-order valence-electron chi connectivity index (χ0n) is 11.1. The number of likely N-dealkylation sites (N-methyl/N-ethyl adjacent to an activating group) is 1. The maximum atomic E-state index is 12.2. The molecule has 0 bridgehead atoms. The first-order valence-corrected chi connectivity index (χ1v) is 5.89. The zero-order chi connectivity index (χ0) is 16.2. The smallest absolute Gasteiger partial charge is 0.382 e. The van der Waals surface area contributed by atoms with Crippen molar-refractivity contribution >= 4 is 5.69 Å². The van der Waals surface area contributed by atoms with E-state index < -0.39 is 29.3 Å². The molecule has 118 valence electrons. The third kappa shape index (κ3) is 5.16. The largest absolute Gasteiger partial charge is 0.415 e. The Morgan fingerprint density at radius 1 is 1.48 bits per heavy atom. The summed E-state index contributed by atoms with van der Waals surface area (Å²) in [7, 11) is 1.34. The molecule has 1 heterocycles. The molecule has 7 nitrogen and oxygen atoms in total. The average molecular weight is 309 g/mol. The van der Waals surface area contributed by atoms with Gasteiger partial charge in [-0.2, -0.15) is 13.2 Å². The first-order chi connectivity index (χ1) is 9.61. The van der Waals surface area contributed by atoms with Gasteiger partial charge in [-0.1, -0.05) is 0 Å². The monoisotopic (exact) mass is 309 g/mol. The van der Waals surface area contributed by atoms with Crippen LogP contribution in [0.1, 0.15) is 0 Å². The number of aliphatic hydroxyl groups is 1. The summed E-state index contributed by atoms with van der Waals surface area (Å²) in [4.78, 5) is 22.6. The normalized spacial score (nSPS) is 13.4. The molecule has 0 spiro atoms. The van der Waals surface area contributed by atoms with Gasteiger partial charge in [0, 0.05) is 31.8 Å². The van der Waals surface area contributed by atoms with Crippen molar-refractivity contribution in [1.29, 1.82) is 0 Å². The van der Waals surface area contributed by atoms with Crippen molar-refractivity contribution in [2.75, 3.05) is 20.1 Å². The molecule has 0 fully saturated rings. The highest BCUT2D eigenvalue weighted by atomic mass is 19.4. The number of pyridine rings is 1. The predicted octanol–water partition coefficient (Wildman–Crippen LogP) is 0.611. The standard InChI is InChI=1S/C11H14F3N3O4/c1-15(7-9(18)11(12,13)14)4-5-16-6-8(17(20)21)2-3-10(16)19/h2-3,6,9,18H,4-5,7H2,1H3. The summed E-state index contributed by atoms with van der Waals surface area (Å²) in [5, 5.41) is 19.5. The number of aliphatic hydroxyl groups excluding tert-OH is 1. The van der Waals surface area contributed by atoms with E-state index in [0.717, 1.165) is 22.9 Å². The summed E-state index contributed by atoms with van der Waals surface area (Å²) in [5.41, 5.74) is -0.780. The quantitative estimate of drug-likeness (QED) is 0.614. The molecule has 0 saturated heterocycles. The predicted molar refractivity (Wildman–Crippen MR) is 66.9 cm³/mol. The fourth-order valence-electron chi connectivity index (χ4n) is 1.57. The lowest BCUT2D eigenvalue weighted by atomic mass is 10.3. The Balaban J connectivity index is 2.65. The summed E-state index contributed by atoms with van der Waals surface area (Å²) < 4.78 is 37.6. The second-order valence-electron chi connectivity index (χ2n) is 4.50. The van der Waals surface area contributed by atoms with Crippen LogP contribution in [0.2, 0.25) is 0 Å². The van der Waals surface area contributed by atoms with Crippen molar-refractivity contribution in [2.24, 2.45) is 0 Å². The molecule has 1 rings (SSSR count). The average Bonchev–Trinajstić information content (AvgIpc) is 2.36. The highest BCUT2D eigenvalue weighted by Gasteiger charge is 2.38. The van der Waals surface area contributed by atoms with E-state index in [2.05, 4.69) is 0 Å². The summed E-state index contributed by atoms with van der Waals surface area (Å²) in [6.45, 7) is -0.650. The number of hydrogen-bond donors (Lipinski definition) is 1. The van der Waals surface area contributed by atoms with Crippen LogP contribution in [0.3, 0.4) is 0 Å². The van der Waals surface area contributed by atoms with Gasteiger partial charge in [0.2, 0.25) is 0 Å². The Labute approximate surface area is 117 Å². The molecule has 1 N–H and O–H groups in total. The molecule has 1 aromatic rings. The van der Waals surface area contributed by atoms with Gasteiger partial charge in [0.15, 0.2) is 6.10 Å². The highest BCUT2D eigenvalue weighted by Crippen LogP contribution is 2.20. The fourth-order valence-corrected chi connectivity index (χ4v) is 1.57. The van der Waals surface area contributed by atoms with Gasteiger partial charge in [-0.05, 0) is 7.05 Å². The van der Waals surface area contributed by atoms with E-state index in [4.69, 9.17) is 5.11 Å². The van der Waals surface area contributed by atoms with E-state index in [9.17, 15) is 28.1 Å². The lowest BCUT2D eigenvalue weighted by molar-refractivity contribution is -0.385. The maximum Gasteiger partial charge on any atom is 0.415 e. The molecule has 1 atom stereocenters. The summed E-state index contributed by atoms with van der Waals surface area (Å²) in [6.07, 6.45) is -6.17. The minimum Gasteiger partial charge on any atom is -0.382 e. The molecule has 0 saturated carbocycles. The SMILES string of the molecule is CN(CCn1cc([N+](=O)[O-])ccc1=O)CC(O)C(F)(F)F. The van der Waals surface area contributed by atoms with E-state index in [-0.39, 0.29) is 18.8 Å². The van der Waals surface area contributed by atoms with Gasteiger partial charge >= 0.3 is 6.18 Å². The number of nitro groups is 1. The molecule has 10 heteroatoms. The Morgan fingerprint density at radius 2 is 2.10 bits per heavy atom. The third-order valence-corrected chi connectivity index (χ3v) is 2.76. The lowest BCUT2D eigenvalue weighted by Gasteiger charge is -2.22. The van der Waals surface area contributed by atoms with Gasteiger partial charge in [-0.3, -0.25) is 14.9 Å². The lowest BCUT2D eigenvalue weighted by Crippen LogP contribution is -2.40. The van der Waals surface area contributed by atoms with Gasteiger partial charge in [0.25, 0.3) is 11.2 Å². The van der Waals surface area contributed by atoms with Crippen molar-refractivity contribution in [1.82, 2.24) is 9.47 Å². The molecule has 0 aromatic carbocycles. The van der Waals surface area contributed by atoms with Crippen LogP contribution in [0.5, 0.6) is 0 Å². The van der Waals surface area contributed by atoms with E-state index in [1.807, 2.05) is 0 Å². The minimum absolute atomic E-state index is 0.0220. The highest BCUT2D eigenvalue weighted by molar-refractivity contribution is 5.24. The molecular weight excluding hydrogens is 295 g/mol.